The standard InChI is InChI=1S/C12H19NO3S/c1-3-16-10-6-9-13-17(14,15)12-8-5-4-7-11(12)2/h4-5,7-8,13H,3,6,9-10H2,1-2H3. The SMILES string of the molecule is CCOCCCNS(=O)(=O)c1ccccc1C. The van der Waals surface area contributed by atoms with Gasteiger partial charge in [-0.1, -0.05) is 18.2 Å². The lowest BCUT2D eigenvalue weighted by Crippen LogP contribution is -2.26. The lowest BCUT2D eigenvalue weighted by Gasteiger charge is -2.08. The zero-order chi connectivity index (χ0) is 12.7. The van der Waals surface area contributed by atoms with E-state index in [2.05, 4.69) is 4.72 Å². The molecular weight excluding hydrogens is 238 g/mol. The summed E-state index contributed by atoms with van der Waals surface area (Å²) >= 11 is 0. The van der Waals surface area contributed by atoms with E-state index in [1.54, 1.807) is 25.1 Å². The number of rotatable bonds is 7. The van der Waals surface area contributed by atoms with E-state index < -0.39 is 10.0 Å². The molecule has 0 heterocycles. The van der Waals surface area contributed by atoms with E-state index in [1.165, 1.54) is 0 Å². The van der Waals surface area contributed by atoms with Crippen LogP contribution in [0.25, 0.3) is 0 Å². The second-order valence-electron chi connectivity index (χ2n) is 3.71. The molecule has 4 nitrogen and oxygen atoms in total. The van der Waals surface area contributed by atoms with Gasteiger partial charge in [-0.2, -0.15) is 0 Å². The van der Waals surface area contributed by atoms with Gasteiger partial charge in [-0.05, 0) is 31.9 Å². The Morgan fingerprint density at radius 1 is 1.29 bits per heavy atom. The first-order valence-corrected chi connectivity index (χ1v) is 7.19. The summed E-state index contributed by atoms with van der Waals surface area (Å²) in [6.07, 6.45) is 0.680. The third kappa shape index (κ3) is 4.46. The molecule has 5 heteroatoms. The quantitative estimate of drug-likeness (QED) is 0.756. The van der Waals surface area contributed by atoms with Gasteiger partial charge in [0.1, 0.15) is 0 Å². The largest absolute Gasteiger partial charge is 0.382 e. The van der Waals surface area contributed by atoms with Crippen molar-refractivity contribution < 1.29 is 13.2 Å². The summed E-state index contributed by atoms with van der Waals surface area (Å²) in [4.78, 5) is 0.344. The Hall–Kier alpha value is -0.910. The van der Waals surface area contributed by atoms with E-state index in [-0.39, 0.29) is 0 Å². The smallest absolute Gasteiger partial charge is 0.240 e. The summed E-state index contributed by atoms with van der Waals surface area (Å²) in [7, 11) is -3.38. The minimum atomic E-state index is -3.38. The zero-order valence-corrected chi connectivity index (χ0v) is 11.1. The molecule has 0 bridgehead atoms. The van der Waals surface area contributed by atoms with E-state index in [1.807, 2.05) is 13.0 Å². The fourth-order valence-electron chi connectivity index (χ4n) is 1.46. The number of aryl methyl sites for hydroxylation is 1. The molecule has 0 fully saturated rings. The van der Waals surface area contributed by atoms with Crippen LogP contribution in [0.3, 0.4) is 0 Å². The molecule has 0 aliphatic rings. The van der Waals surface area contributed by atoms with Gasteiger partial charge in [-0.3, -0.25) is 0 Å². The van der Waals surface area contributed by atoms with Crippen molar-refractivity contribution in [1.82, 2.24) is 4.72 Å². The Morgan fingerprint density at radius 2 is 2.00 bits per heavy atom. The summed E-state index contributed by atoms with van der Waals surface area (Å²) in [6, 6.07) is 6.94. The van der Waals surface area contributed by atoms with Gasteiger partial charge in [0, 0.05) is 19.8 Å². The van der Waals surface area contributed by atoms with Gasteiger partial charge < -0.3 is 4.74 Å². The maximum atomic E-state index is 11.9. The molecule has 1 aromatic rings. The van der Waals surface area contributed by atoms with E-state index in [4.69, 9.17) is 4.74 Å². The van der Waals surface area contributed by atoms with Crippen LogP contribution in [0.1, 0.15) is 18.9 Å². The van der Waals surface area contributed by atoms with Crippen LogP contribution in [0.5, 0.6) is 0 Å². The van der Waals surface area contributed by atoms with Gasteiger partial charge in [0.2, 0.25) is 10.0 Å². The molecule has 0 spiro atoms. The maximum absolute atomic E-state index is 11.9. The molecule has 0 aliphatic carbocycles. The van der Waals surface area contributed by atoms with Crippen LogP contribution < -0.4 is 4.72 Å². The third-order valence-electron chi connectivity index (χ3n) is 2.34. The molecule has 17 heavy (non-hydrogen) atoms. The van der Waals surface area contributed by atoms with Gasteiger partial charge in [0.15, 0.2) is 0 Å². The number of hydrogen-bond acceptors (Lipinski definition) is 3. The van der Waals surface area contributed by atoms with Crippen molar-refractivity contribution in [3.8, 4) is 0 Å². The average Bonchev–Trinajstić information content (AvgIpc) is 2.29. The Morgan fingerprint density at radius 3 is 2.65 bits per heavy atom. The Bertz CT molecular complexity index is 443. The molecule has 0 saturated carbocycles. The molecule has 1 aromatic carbocycles. The van der Waals surface area contributed by atoms with Gasteiger partial charge in [0.05, 0.1) is 4.90 Å². The van der Waals surface area contributed by atoms with Crippen LogP contribution >= 0.6 is 0 Å². The van der Waals surface area contributed by atoms with Crippen LogP contribution in [0.4, 0.5) is 0 Å². The topological polar surface area (TPSA) is 55.4 Å². The number of ether oxygens (including phenoxy) is 1. The van der Waals surface area contributed by atoms with Gasteiger partial charge in [-0.15, -0.1) is 0 Å². The van der Waals surface area contributed by atoms with E-state index in [9.17, 15) is 8.42 Å². The van der Waals surface area contributed by atoms with Crippen molar-refractivity contribution in [3.63, 3.8) is 0 Å². The van der Waals surface area contributed by atoms with Crippen LogP contribution in [-0.2, 0) is 14.8 Å². The summed E-state index contributed by atoms with van der Waals surface area (Å²) in [6.45, 7) is 5.33. The van der Waals surface area contributed by atoms with Crippen LogP contribution in [0, 0.1) is 6.92 Å². The highest BCUT2D eigenvalue weighted by Crippen LogP contribution is 2.13. The highest BCUT2D eigenvalue weighted by Gasteiger charge is 2.14. The van der Waals surface area contributed by atoms with E-state index in [0.717, 1.165) is 5.56 Å². The third-order valence-corrected chi connectivity index (χ3v) is 3.97. The molecular formula is C12H19NO3S. The monoisotopic (exact) mass is 257 g/mol. The highest BCUT2D eigenvalue weighted by atomic mass is 32.2. The van der Waals surface area contributed by atoms with Crippen molar-refractivity contribution in [3.05, 3.63) is 29.8 Å². The molecule has 96 valence electrons. The predicted octanol–water partition coefficient (Wildman–Crippen LogP) is 1.70. The van der Waals surface area contributed by atoms with E-state index in [0.29, 0.717) is 31.1 Å². The zero-order valence-electron chi connectivity index (χ0n) is 10.3. The molecule has 0 radical (unpaired) electrons. The minimum Gasteiger partial charge on any atom is -0.382 e. The van der Waals surface area contributed by atoms with Crippen LogP contribution in [0.2, 0.25) is 0 Å². The van der Waals surface area contributed by atoms with Crippen molar-refractivity contribution in [2.24, 2.45) is 0 Å². The van der Waals surface area contributed by atoms with Crippen molar-refractivity contribution >= 4 is 10.0 Å². The maximum Gasteiger partial charge on any atom is 0.240 e. The second kappa shape index (κ2) is 6.74. The first-order valence-electron chi connectivity index (χ1n) is 5.71. The van der Waals surface area contributed by atoms with Crippen LogP contribution in [-0.4, -0.2) is 28.2 Å². The fourth-order valence-corrected chi connectivity index (χ4v) is 2.78. The summed E-state index contributed by atoms with van der Waals surface area (Å²) < 4.78 is 31.6. The molecule has 0 saturated heterocycles. The molecule has 1 N–H and O–H groups in total. The average molecular weight is 257 g/mol. The lowest BCUT2D eigenvalue weighted by atomic mass is 10.2. The van der Waals surface area contributed by atoms with Crippen molar-refractivity contribution in [2.45, 2.75) is 25.2 Å². The highest BCUT2D eigenvalue weighted by molar-refractivity contribution is 7.89. The van der Waals surface area contributed by atoms with Crippen molar-refractivity contribution in [2.75, 3.05) is 19.8 Å². The number of nitrogens with one attached hydrogen (secondary N) is 1. The number of sulfonamides is 1. The first kappa shape index (κ1) is 14.2. The van der Waals surface area contributed by atoms with Crippen LogP contribution in [0.15, 0.2) is 29.2 Å². The fraction of sp³-hybridized carbons (Fsp3) is 0.500. The first-order chi connectivity index (χ1) is 8.08. The Kier molecular flexibility index (Phi) is 5.61. The van der Waals surface area contributed by atoms with E-state index >= 15 is 0 Å². The minimum absolute atomic E-state index is 0.344. The normalized spacial score (nSPS) is 11.6. The summed E-state index contributed by atoms with van der Waals surface area (Å²) in [5.41, 5.74) is 0.754. The summed E-state index contributed by atoms with van der Waals surface area (Å²) in [5.74, 6) is 0. The van der Waals surface area contributed by atoms with Gasteiger partial charge >= 0.3 is 0 Å². The molecule has 1 rings (SSSR count). The Labute approximate surface area is 103 Å². The molecule has 0 amide bonds. The Balaban J connectivity index is 2.55. The molecule has 0 aliphatic heterocycles. The second-order valence-corrected chi connectivity index (χ2v) is 5.45. The predicted molar refractivity (Wildman–Crippen MR) is 67.5 cm³/mol. The lowest BCUT2D eigenvalue weighted by molar-refractivity contribution is 0.146. The number of hydrogen-bond donors (Lipinski definition) is 1. The summed E-state index contributed by atoms with van der Waals surface area (Å²) in [5, 5.41) is 0. The van der Waals surface area contributed by atoms with Gasteiger partial charge in [-0.25, -0.2) is 13.1 Å². The van der Waals surface area contributed by atoms with Gasteiger partial charge in [0.25, 0.3) is 0 Å². The molecule has 0 aromatic heterocycles. The van der Waals surface area contributed by atoms with Crippen molar-refractivity contribution in [1.29, 1.82) is 0 Å². The number of benzene rings is 1. The molecule has 0 unspecified atom stereocenters. The molecule has 0 atom stereocenters.